The van der Waals surface area contributed by atoms with Crippen LogP contribution in [0.2, 0.25) is 0 Å². The molecule has 0 aromatic heterocycles. The third kappa shape index (κ3) is 4.85. The lowest BCUT2D eigenvalue weighted by Gasteiger charge is -2.44. The Hall–Kier alpha value is -1.26. The zero-order valence-electron chi connectivity index (χ0n) is 15.1. The molecule has 0 radical (unpaired) electrons. The summed E-state index contributed by atoms with van der Waals surface area (Å²) in [6, 6.07) is 0.293. The van der Waals surface area contributed by atoms with Crippen LogP contribution in [0.3, 0.4) is 0 Å². The molecule has 5 nitrogen and oxygen atoms in total. The molecule has 0 aliphatic carbocycles. The highest BCUT2D eigenvalue weighted by atomic mass is 16.6. The second-order valence-corrected chi connectivity index (χ2v) is 7.83. The summed E-state index contributed by atoms with van der Waals surface area (Å²) >= 11 is 0. The molecule has 2 heterocycles. The number of piperidine rings is 2. The van der Waals surface area contributed by atoms with Crippen LogP contribution in [0.1, 0.15) is 66.2 Å². The highest BCUT2D eigenvalue weighted by molar-refractivity contribution is 5.76. The van der Waals surface area contributed by atoms with Crippen LogP contribution < -0.4 is 0 Å². The molecule has 0 N–H and O–H groups in total. The van der Waals surface area contributed by atoms with Crippen LogP contribution in [0.15, 0.2) is 0 Å². The molecule has 5 heteroatoms. The second kappa shape index (κ2) is 7.54. The Morgan fingerprint density at radius 2 is 1.83 bits per heavy atom. The average Bonchev–Trinajstić information content (AvgIpc) is 2.52. The Labute approximate surface area is 140 Å². The van der Waals surface area contributed by atoms with Crippen molar-refractivity contribution in [2.45, 2.75) is 77.9 Å². The van der Waals surface area contributed by atoms with Crippen molar-refractivity contribution >= 4 is 12.0 Å². The van der Waals surface area contributed by atoms with E-state index in [0.29, 0.717) is 24.9 Å². The van der Waals surface area contributed by atoms with Gasteiger partial charge >= 0.3 is 6.09 Å². The monoisotopic (exact) mass is 324 g/mol. The van der Waals surface area contributed by atoms with E-state index in [0.717, 1.165) is 38.8 Å². The summed E-state index contributed by atoms with van der Waals surface area (Å²) in [4.78, 5) is 28.5. The fraction of sp³-hybridized carbons (Fsp3) is 0.889. The number of hydrogen-bond donors (Lipinski definition) is 0. The van der Waals surface area contributed by atoms with Crippen LogP contribution in [0.25, 0.3) is 0 Å². The molecule has 2 saturated heterocycles. The van der Waals surface area contributed by atoms with Gasteiger partial charge in [-0.3, -0.25) is 4.79 Å². The first-order chi connectivity index (χ1) is 10.8. The molecule has 2 rings (SSSR count). The molecule has 0 spiro atoms. The van der Waals surface area contributed by atoms with Gasteiger partial charge in [0.25, 0.3) is 0 Å². The molecule has 132 valence electrons. The van der Waals surface area contributed by atoms with Gasteiger partial charge in [-0.05, 0) is 58.8 Å². The number of hydrogen-bond acceptors (Lipinski definition) is 3. The van der Waals surface area contributed by atoms with Crippen LogP contribution in [0, 0.1) is 5.92 Å². The van der Waals surface area contributed by atoms with Crippen LogP contribution >= 0.6 is 0 Å². The number of carbonyl (C=O) groups excluding carboxylic acids is 2. The van der Waals surface area contributed by atoms with Gasteiger partial charge in [0, 0.05) is 32.1 Å². The van der Waals surface area contributed by atoms with Crippen molar-refractivity contribution in [3.05, 3.63) is 0 Å². The molecule has 23 heavy (non-hydrogen) atoms. The molecule has 2 atom stereocenters. The van der Waals surface area contributed by atoms with E-state index in [4.69, 9.17) is 4.74 Å². The Morgan fingerprint density at radius 3 is 2.48 bits per heavy atom. The van der Waals surface area contributed by atoms with E-state index in [1.165, 1.54) is 6.42 Å². The maximum atomic E-state index is 12.3. The fourth-order valence-electron chi connectivity index (χ4n) is 3.78. The van der Waals surface area contributed by atoms with Crippen molar-refractivity contribution in [2.75, 3.05) is 19.6 Å². The van der Waals surface area contributed by atoms with Gasteiger partial charge in [0.05, 0.1) is 0 Å². The van der Waals surface area contributed by atoms with Crippen LogP contribution in [-0.4, -0.2) is 53.1 Å². The first-order valence-corrected chi connectivity index (χ1v) is 9.09. The van der Waals surface area contributed by atoms with E-state index < -0.39 is 5.60 Å². The van der Waals surface area contributed by atoms with Gasteiger partial charge in [0.1, 0.15) is 5.60 Å². The summed E-state index contributed by atoms with van der Waals surface area (Å²) in [5.41, 5.74) is -0.459. The quantitative estimate of drug-likeness (QED) is 0.782. The maximum absolute atomic E-state index is 12.3. The minimum atomic E-state index is -0.459. The van der Waals surface area contributed by atoms with Gasteiger partial charge < -0.3 is 14.5 Å². The maximum Gasteiger partial charge on any atom is 0.410 e. The van der Waals surface area contributed by atoms with Gasteiger partial charge in [0.15, 0.2) is 0 Å². The average molecular weight is 324 g/mol. The molecule has 0 aromatic carbocycles. The third-order valence-electron chi connectivity index (χ3n) is 4.83. The van der Waals surface area contributed by atoms with Crippen LogP contribution in [-0.2, 0) is 9.53 Å². The lowest BCUT2D eigenvalue weighted by molar-refractivity contribution is -0.136. The van der Waals surface area contributed by atoms with Crippen molar-refractivity contribution in [3.8, 4) is 0 Å². The molecule has 0 aromatic rings. The number of rotatable bonds is 2. The fourth-order valence-corrected chi connectivity index (χ4v) is 3.78. The Morgan fingerprint density at radius 1 is 1.09 bits per heavy atom. The number of amides is 2. The standard InChI is InChI=1S/C18H32N2O3/c1-5-16(21)20-12-7-6-10-15(20)14-9-8-11-19(13-14)17(22)23-18(2,3)4/h14-15H,5-13H2,1-4H3/t14-,15+/m0/s1. The van der Waals surface area contributed by atoms with E-state index >= 15 is 0 Å². The lowest BCUT2D eigenvalue weighted by atomic mass is 9.84. The summed E-state index contributed by atoms with van der Waals surface area (Å²) in [6.07, 6.45) is 5.79. The number of nitrogens with zero attached hydrogens (tertiary/aromatic N) is 2. The van der Waals surface area contributed by atoms with E-state index in [1.54, 1.807) is 0 Å². The van der Waals surface area contributed by atoms with Gasteiger partial charge in [0.2, 0.25) is 5.91 Å². The molecule has 2 amide bonds. The lowest BCUT2D eigenvalue weighted by Crippen LogP contribution is -2.53. The topological polar surface area (TPSA) is 49.9 Å². The van der Waals surface area contributed by atoms with Crippen molar-refractivity contribution < 1.29 is 14.3 Å². The smallest absolute Gasteiger partial charge is 0.410 e. The zero-order chi connectivity index (χ0) is 17.0. The second-order valence-electron chi connectivity index (χ2n) is 7.83. The Bertz CT molecular complexity index is 430. The van der Waals surface area contributed by atoms with Gasteiger partial charge in [-0.15, -0.1) is 0 Å². The van der Waals surface area contributed by atoms with Crippen LogP contribution in [0.4, 0.5) is 4.79 Å². The molecule has 2 aliphatic rings. The molecular formula is C18H32N2O3. The summed E-state index contributed by atoms with van der Waals surface area (Å²) in [6.45, 7) is 9.98. The number of likely N-dealkylation sites (tertiary alicyclic amines) is 2. The van der Waals surface area contributed by atoms with Crippen molar-refractivity contribution in [3.63, 3.8) is 0 Å². The third-order valence-corrected chi connectivity index (χ3v) is 4.83. The molecule has 0 unspecified atom stereocenters. The zero-order valence-corrected chi connectivity index (χ0v) is 15.1. The number of carbonyl (C=O) groups is 2. The predicted molar refractivity (Wildman–Crippen MR) is 90.2 cm³/mol. The summed E-state index contributed by atoms with van der Waals surface area (Å²) < 4.78 is 5.51. The summed E-state index contributed by atoms with van der Waals surface area (Å²) in [7, 11) is 0. The Balaban J connectivity index is 2.01. The van der Waals surface area contributed by atoms with E-state index in [-0.39, 0.29) is 12.0 Å². The first kappa shape index (κ1) is 18.1. The van der Waals surface area contributed by atoms with E-state index in [9.17, 15) is 9.59 Å². The number of ether oxygens (including phenoxy) is 1. The summed E-state index contributed by atoms with van der Waals surface area (Å²) in [5.74, 6) is 0.635. The molecule has 2 fully saturated rings. The van der Waals surface area contributed by atoms with Crippen molar-refractivity contribution in [1.29, 1.82) is 0 Å². The normalized spacial score (nSPS) is 26.1. The van der Waals surface area contributed by atoms with E-state index in [2.05, 4.69) is 4.90 Å². The van der Waals surface area contributed by atoms with Gasteiger partial charge in [-0.2, -0.15) is 0 Å². The molecule has 2 aliphatic heterocycles. The van der Waals surface area contributed by atoms with Gasteiger partial charge in [-0.25, -0.2) is 4.79 Å². The SMILES string of the molecule is CCC(=O)N1CCCC[C@@H]1[C@H]1CCCN(C(=O)OC(C)(C)C)C1. The highest BCUT2D eigenvalue weighted by Gasteiger charge is 2.36. The van der Waals surface area contributed by atoms with Crippen molar-refractivity contribution in [2.24, 2.45) is 5.92 Å². The molecular weight excluding hydrogens is 292 g/mol. The van der Waals surface area contributed by atoms with Crippen molar-refractivity contribution in [1.82, 2.24) is 9.80 Å². The summed E-state index contributed by atoms with van der Waals surface area (Å²) in [5, 5.41) is 0. The predicted octanol–water partition coefficient (Wildman–Crippen LogP) is 3.42. The molecule has 0 bridgehead atoms. The largest absolute Gasteiger partial charge is 0.444 e. The van der Waals surface area contributed by atoms with Crippen LogP contribution in [0.5, 0.6) is 0 Å². The minimum Gasteiger partial charge on any atom is -0.444 e. The highest BCUT2D eigenvalue weighted by Crippen LogP contribution is 2.30. The van der Waals surface area contributed by atoms with E-state index in [1.807, 2.05) is 32.6 Å². The minimum absolute atomic E-state index is 0.216. The Kier molecular flexibility index (Phi) is 5.93. The van der Waals surface area contributed by atoms with Gasteiger partial charge in [-0.1, -0.05) is 6.92 Å². The molecule has 0 saturated carbocycles. The first-order valence-electron chi connectivity index (χ1n) is 9.09.